The maximum absolute atomic E-state index is 12.8. The highest BCUT2D eigenvalue weighted by molar-refractivity contribution is 6.11. The Kier molecular flexibility index (Phi) is 10.3. The first-order valence-corrected chi connectivity index (χ1v) is 7.02. The van der Waals surface area contributed by atoms with E-state index in [0.29, 0.717) is 12.3 Å². The lowest BCUT2D eigenvalue weighted by atomic mass is 10.1. The summed E-state index contributed by atoms with van der Waals surface area (Å²) in [6, 6.07) is 6.10. The monoisotopic (exact) mass is 304 g/mol. The minimum Gasteiger partial charge on any atom is -0.394 e. The Hall–Kier alpha value is -2.20. The minimum absolute atomic E-state index is 0.0346. The Bertz CT molecular complexity index is 518. The molecule has 4 heteroatoms. The molecule has 0 spiro atoms. The van der Waals surface area contributed by atoms with Crippen molar-refractivity contribution >= 4 is 5.71 Å². The fourth-order valence-corrected chi connectivity index (χ4v) is 1.50. The second-order valence-electron chi connectivity index (χ2n) is 4.60. The predicted octanol–water partition coefficient (Wildman–Crippen LogP) is 3.78. The van der Waals surface area contributed by atoms with E-state index in [0.717, 1.165) is 11.1 Å². The molecule has 0 aliphatic carbocycles. The van der Waals surface area contributed by atoms with E-state index in [-0.39, 0.29) is 12.4 Å². The molecule has 1 N–H and O–H groups in total. The molecule has 0 fully saturated rings. The second-order valence-corrected chi connectivity index (χ2v) is 4.60. The van der Waals surface area contributed by atoms with Crippen molar-refractivity contribution in [3.63, 3.8) is 0 Å². The van der Waals surface area contributed by atoms with E-state index in [2.05, 4.69) is 18.3 Å². The van der Waals surface area contributed by atoms with E-state index in [9.17, 15) is 4.39 Å². The molecule has 0 heterocycles. The second kappa shape index (κ2) is 11.5. The minimum atomic E-state index is -0.279. The van der Waals surface area contributed by atoms with Gasteiger partial charge in [-0.2, -0.15) is 5.10 Å². The van der Waals surface area contributed by atoms with Crippen molar-refractivity contribution in [3.8, 4) is 0 Å². The number of hydrazone groups is 1. The van der Waals surface area contributed by atoms with Gasteiger partial charge in [-0.15, -0.1) is 0 Å². The summed E-state index contributed by atoms with van der Waals surface area (Å²) in [6.07, 6.45) is 5.58. The average molecular weight is 304 g/mol. The average Bonchev–Trinajstić information content (AvgIpc) is 2.47. The van der Waals surface area contributed by atoms with Crippen LogP contribution in [-0.4, -0.2) is 36.0 Å². The molecule has 0 saturated carbocycles. The van der Waals surface area contributed by atoms with Gasteiger partial charge in [0.05, 0.1) is 18.9 Å². The molecule has 0 aliphatic heterocycles. The quantitative estimate of drug-likeness (QED) is 0.493. The predicted molar refractivity (Wildman–Crippen MR) is 92.5 cm³/mol. The summed E-state index contributed by atoms with van der Waals surface area (Å²) in [5.41, 5.74) is 2.30. The molecule has 1 aromatic rings. The van der Waals surface area contributed by atoms with Crippen LogP contribution in [0.3, 0.4) is 0 Å². The number of halogens is 1. The Morgan fingerprint density at radius 2 is 1.95 bits per heavy atom. The lowest BCUT2D eigenvalue weighted by molar-refractivity contribution is 0.227. The smallest absolute Gasteiger partial charge is 0.123 e. The lowest BCUT2D eigenvalue weighted by Crippen LogP contribution is -2.19. The number of benzene rings is 1. The van der Waals surface area contributed by atoms with Gasteiger partial charge in [0.2, 0.25) is 0 Å². The zero-order chi connectivity index (χ0) is 17.0. The van der Waals surface area contributed by atoms with E-state index in [4.69, 9.17) is 5.11 Å². The van der Waals surface area contributed by atoms with Crippen molar-refractivity contribution in [1.29, 1.82) is 0 Å². The van der Waals surface area contributed by atoms with E-state index >= 15 is 0 Å². The molecule has 0 atom stereocenters. The summed E-state index contributed by atoms with van der Waals surface area (Å²) in [7, 11) is 1.77. The van der Waals surface area contributed by atoms with Crippen LogP contribution >= 0.6 is 0 Å². The number of rotatable bonds is 6. The Morgan fingerprint density at radius 1 is 1.36 bits per heavy atom. The number of allylic oxidation sites excluding steroid dienone is 4. The van der Waals surface area contributed by atoms with Gasteiger partial charge in [-0.05, 0) is 43.7 Å². The fraction of sp³-hybridized carbons (Fsp3) is 0.278. The van der Waals surface area contributed by atoms with Crippen LogP contribution < -0.4 is 0 Å². The van der Waals surface area contributed by atoms with Crippen LogP contribution in [0.5, 0.6) is 0 Å². The van der Waals surface area contributed by atoms with Crippen molar-refractivity contribution in [2.24, 2.45) is 5.10 Å². The molecule has 22 heavy (non-hydrogen) atoms. The Balaban J connectivity index is 0.000000763. The first-order valence-electron chi connectivity index (χ1n) is 7.02. The molecule has 0 aromatic heterocycles. The molecule has 3 nitrogen and oxygen atoms in total. The van der Waals surface area contributed by atoms with E-state index < -0.39 is 0 Å². The summed E-state index contributed by atoms with van der Waals surface area (Å²) < 4.78 is 12.8. The van der Waals surface area contributed by atoms with Crippen LogP contribution in [0.2, 0.25) is 0 Å². The molecule has 0 unspecified atom stereocenters. The Morgan fingerprint density at radius 3 is 2.32 bits per heavy atom. The van der Waals surface area contributed by atoms with Gasteiger partial charge in [-0.1, -0.05) is 31.4 Å². The number of likely N-dealkylation sites (N-methyl/N-ethyl adjacent to an activating group) is 1. The summed E-state index contributed by atoms with van der Waals surface area (Å²) in [6.45, 7) is 11.6. The highest BCUT2D eigenvalue weighted by Gasteiger charge is 2.06. The highest BCUT2D eigenvalue weighted by atomic mass is 19.1. The van der Waals surface area contributed by atoms with E-state index in [1.54, 1.807) is 30.3 Å². The number of nitrogens with zero attached hydrogens (tertiary/aromatic N) is 2. The van der Waals surface area contributed by atoms with Gasteiger partial charge in [0, 0.05) is 12.6 Å². The van der Waals surface area contributed by atoms with Crippen molar-refractivity contribution in [3.05, 3.63) is 72.6 Å². The lowest BCUT2D eigenvalue weighted by Gasteiger charge is -2.14. The van der Waals surface area contributed by atoms with Gasteiger partial charge < -0.3 is 5.11 Å². The van der Waals surface area contributed by atoms with Crippen LogP contribution in [0.4, 0.5) is 4.39 Å². The van der Waals surface area contributed by atoms with Gasteiger partial charge in [-0.25, -0.2) is 4.39 Å². The summed E-state index contributed by atoms with van der Waals surface area (Å²) in [5, 5.41) is 14.8. The number of aliphatic hydroxyl groups is 1. The van der Waals surface area contributed by atoms with Crippen molar-refractivity contribution < 1.29 is 9.50 Å². The van der Waals surface area contributed by atoms with Gasteiger partial charge in [-0.3, -0.25) is 5.01 Å². The summed E-state index contributed by atoms with van der Waals surface area (Å²) in [4.78, 5) is 0. The molecule has 0 saturated heterocycles. The molecular weight excluding hydrogens is 279 g/mol. The maximum Gasteiger partial charge on any atom is 0.123 e. The number of aliphatic hydroxyl groups excluding tert-OH is 1. The third-order valence-corrected chi connectivity index (χ3v) is 2.54. The summed E-state index contributed by atoms with van der Waals surface area (Å²) in [5.74, 6) is -0.279. The molecular formula is C18H25FN2O. The molecule has 120 valence electrons. The van der Waals surface area contributed by atoms with Crippen LogP contribution in [-0.2, 0) is 0 Å². The molecule has 0 amide bonds. The maximum atomic E-state index is 12.8. The fourth-order valence-electron chi connectivity index (χ4n) is 1.50. The van der Waals surface area contributed by atoms with Gasteiger partial charge in [0.15, 0.2) is 0 Å². The zero-order valence-corrected chi connectivity index (χ0v) is 13.6. The van der Waals surface area contributed by atoms with Crippen molar-refractivity contribution in [2.45, 2.75) is 13.8 Å². The van der Waals surface area contributed by atoms with Crippen LogP contribution in [0.15, 0.2) is 66.3 Å². The normalized spacial score (nSPS) is 10.9. The van der Waals surface area contributed by atoms with Crippen molar-refractivity contribution in [1.82, 2.24) is 5.01 Å². The molecule has 1 rings (SSSR count). The van der Waals surface area contributed by atoms with Gasteiger partial charge >= 0.3 is 0 Å². The number of hydrogen-bond donors (Lipinski definition) is 1. The van der Waals surface area contributed by atoms with Crippen LogP contribution in [0.25, 0.3) is 0 Å². The van der Waals surface area contributed by atoms with Gasteiger partial charge in [0.1, 0.15) is 5.82 Å². The zero-order valence-electron chi connectivity index (χ0n) is 13.6. The third kappa shape index (κ3) is 8.17. The first kappa shape index (κ1) is 19.8. The topological polar surface area (TPSA) is 35.8 Å². The SMILES string of the molecule is C=C(C)/C(=N\N(C)CCO)c1ccc(F)cc1.C=C/C=C\C. The van der Waals surface area contributed by atoms with Crippen LogP contribution in [0, 0.1) is 5.82 Å². The standard InChI is InChI=1S/C13H17FN2O.C5H8/c1-10(2)13(15-16(3)8-9-17)11-4-6-12(14)7-5-11;1-3-5-4-2/h4-7,17H,1,8-9H2,2-3H3;3-5H,1H2,2H3/b15-13+;5-4-. The third-order valence-electron chi connectivity index (χ3n) is 2.54. The largest absolute Gasteiger partial charge is 0.394 e. The molecule has 0 aliphatic rings. The Labute approximate surface area is 132 Å². The molecule has 0 radical (unpaired) electrons. The van der Waals surface area contributed by atoms with Crippen LogP contribution in [0.1, 0.15) is 19.4 Å². The molecule has 1 aromatic carbocycles. The molecule has 0 bridgehead atoms. The van der Waals surface area contributed by atoms with E-state index in [1.165, 1.54) is 12.1 Å². The van der Waals surface area contributed by atoms with Crippen molar-refractivity contribution in [2.75, 3.05) is 20.2 Å². The summed E-state index contributed by atoms with van der Waals surface area (Å²) >= 11 is 0. The van der Waals surface area contributed by atoms with E-state index in [1.807, 2.05) is 26.0 Å². The van der Waals surface area contributed by atoms with Gasteiger partial charge in [0.25, 0.3) is 0 Å². The highest BCUT2D eigenvalue weighted by Crippen LogP contribution is 2.10. The number of hydrogen-bond acceptors (Lipinski definition) is 3. The first-order chi connectivity index (χ1) is 10.5.